The van der Waals surface area contributed by atoms with E-state index in [1.54, 1.807) is 19.2 Å². The summed E-state index contributed by atoms with van der Waals surface area (Å²) in [6.45, 7) is 2.43. The van der Waals surface area contributed by atoms with Gasteiger partial charge in [-0.2, -0.15) is 0 Å². The molecule has 2 aromatic carbocycles. The predicted molar refractivity (Wildman–Crippen MR) is 114 cm³/mol. The second kappa shape index (κ2) is 7.27. The summed E-state index contributed by atoms with van der Waals surface area (Å²) in [5, 5.41) is 13.7. The molecule has 0 spiro atoms. The highest BCUT2D eigenvalue weighted by Gasteiger charge is 2.34. The lowest BCUT2D eigenvalue weighted by atomic mass is 9.99. The largest absolute Gasteiger partial charge is 0.461 e. The molecule has 0 bridgehead atoms. The second-order valence-electron chi connectivity index (χ2n) is 7.47. The van der Waals surface area contributed by atoms with Gasteiger partial charge in [-0.05, 0) is 43.7 Å². The molecule has 30 heavy (non-hydrogen) atoms. The van der Waals surface area contributed by atoms with E-state index < -0.39 is 24.0 Å². The van der Waals surface area contributed by atoms with Crippen LogP contribution in [0.25, 0.3) is 33.0 Å². The monoisotopic (exact) mass is 403 g/mol. The fraction of sp³-hybridized carbons (Fsp3) is 0.174. The molecule has 0 unspecified atom stereocenters. The van der Waals surface area contributed by atoms with Crippen molar-refractivity contribution in [1.29, 1.82) is 0 Å². The van der Waals surface area contributed by atoms with Gasteiger partial charge in [-0.1, -0.05) is 24.3 Å². The number of carbonyl (C=O) groups excluding carboxylic acids is 2. The molecular weight excluding hydrogens is 382 g/mol. The molecule has 4 rings (SSSR count). The number of furan rings is 1. The number of primary amides is 1. The molecule has 152 valence electrons. The van der Waals surface area contributed by atoms with Gasteiger partial charge in [0.2, 0.25) is 5.91 Å². The van der Waals surface area contributed by atoms with Gasteiger partial charge in [0, 0.05) is 22.5 Å². The number of hydrogen-bond acceptors (Lipinski definition) is 5. The SMILES string of the molecule is Cc1oc2ccc(-c3cnc4ccccc4c3)cc2c1C(=O)N[C@@](C)(CO)C(N)=O. The van der Waals surface area contributed by atoms with E-state index in [0.717, 1.165) is 22.0 Å². The molecule has 7 nitrogen and oxygen atoms in total. The molecule has 1 atom stereocenters. The second-order valence-corrected chi connectivity index (χ2v) is 7.47. The first-order chi connectivity index (χ1) is 14.3. The van der Waals surface area contributed by atoms with Crippen molar-refractivity contribution in [3.63, 3.8) is 0 Å². The van der Waals surface area contributed by atoms with Crippen LogP contribution in [0.2, 0.25) is 0 Å². The standard InChI is InChI=1S/C23H21N3O4/c1-13-20(21(28)26-23(2,12-27)22(24)29)17-10-14(7-8-19(17)30-13)16-9-15-5-3-4-6-18(15)25-11-16/h3-11,27H,12H2,1-2H3,(H2,24,29)(H,26,28)/t23-/m0/s1. The van der Waals surface area contributed by atoms with Gasteiger partial charge in [-0.15, -0.1) is 0 Å². The first-order valence-corrected chi connectivity index (χ1v) is 9.44. The lowest BCUT2D eigenvalue weighted by Crippen LogP contribution is -2.57. The number of nitrogens with zero attached hydrogens (tertiary/aromatic N) is 1. The number of nitrogens with one attached hydrogen (secondary N) is 1. The van der Waals surface area contributed by atoms with Crippen LogP contribution >= 0.6 is 0 Å². The molecule has 0 radical (unpaired) electrons. The average Bonchev–Trinajstić information content (AvgIpc) is 3.08. The first-order valence-electron chi connectivity index (χ1n) is 9.44. The Balaban J connectivity index is 1.79. The maximum Gasteiger partial charge on any atom is 0.256 e. The molecule has 4 aromatic rings. The van der Waals surface area contributed by atoms with Gasteiger partial charge in [0.1, 0.15) is 16.9 Å². The maximum absolute atomic E-state index is 12.9. The van der Waals surface area contributed by atoms with E-state index in [1.807, 2.05) is 42.5 Å². The Morgan fingerprint density at radius 2 is 1.93 bits per heavy atom. The number of carbonyl (C=O) groups is 2. The van der Waals surface area contributed by atoms with E-state index >= 15 is 0 Å². The minimum atomic E-state index is -1.58. The number of fused-ring (bicyclic) bond motifs is 2. The molecule has 7 heteroatoms. The van der Waals surface area contributed by atoms with Crippen molar-refractivity contribution in [3.8, 4) is 11.1 Å². The number of hydrogen-bond donors (Lipinski definition) is 3. The van der Waals surface area contributed by atoms with E-state index in [0.29, 0.717) is 22.3 Å². The zero-order valence-corrected chi connectivity index (χ0v) is 16.6. The highest BCUT2D eigenvalue weighted by molar-refractivity contribution is 6.09. The van der Waals surface area contributed by atoms with Crippen LogP contribution in [0.1, 0.15) is 23.0 Å². The average molecular weight is 403 g/mol. The maximum atomic E-state index is 12.9. The van der Waals surface area contributed by atoms with Crippen molar-refractivity contribution in [1.82, 2.24) is 10.3 Å². The third-order valence-electron chi connectivity index (χ3n) is 5.26. The molecule has 2 amide bonds. The third-order valence-corrected chi connectivity index (χ3v) is 5.26. The summed E-state index contributed by atoms with van der Waals surface area (Å²) < 4.78 is 5.73. The van der Waals surface area contributed by atoms with Crippen molar-refractivity contribution in [2.75, 3.05) is 6.61 Å². The molecule has 0 fully saturated rings. The topological polar surface area (TPSA) is 118 Å². The Bertz CT molecular complexity index is 1290. The van der Waals surface area contributed by atoms with E-state index in [2.05, 4.69) is 10.3 Å². The molecule has 0 saturated heterocycles. The highest BCUT2D eigenvalue weighted by Crippen LogP contribution is 2.31. The Morgan fingerprint density at radius 1 is 1.17 bits per heavy atom. The van der Waals surface area contributed by atoms with Gasteiger partial charge >= 0.3 is 0 Å². The number of pyridine rings is 1. The van der Waals surface area contributed by atoms with E-state index in [4.69, 9.17) is 10.2 Å². The summed E-state index contributed by atoms with van der Waals surface area (Å²) in [7, 11) is 0. The molecule has 0 aliphatic rings. The summed E-state index contributed by atoms with van der Waals surface area (Å²) in [5.74, 6) is -0.969. The van der Waals surface area contributed by atoms with Crippen molar-refractivity contribution in [3.05, 3.63) is 66.1 Å². The molecule has 0 saturated carbocycles. The van der Waals surface area contributed by atoms with Gasteiger partial charge in [0.05, 0.1) is 17.7 Å². The summed E-state index contributed by atoms with van der Waals surface area (Å²) in [6.07, 6.45) is 1.78. The molecule has 2 aromatic heterocycles. The van der Waals surface area contributed by atoms with Crippen molar-refractivity contribution in [2.45, 2.75) is 19.4 Å². The fourth-order valence-corrected chi connectivity index (χ4v) is 3.40. The molecule has 0 aliphatic heterocycles. The van der Waals surface area contributed by atoms with Crippen LogP contribution in [-0.4, -0.2) is 34.1 Å². The summed E-state index contributed by atoms with van der Waals surface area (Å²) in [6, 6.07) is 15.4. The Morgan fingerprint density at radius 3 is 2.67 bits per heavy atom. The number of aliphatic hydroxyl groups is 1. The number of rotatable bonds is 5. The quantitative estimate of drug-likeness (QED) is 0.473. The predicted octanol–water partition coefficient (Wildman–Crippen LogP) is 2.92. The normalized spacial score (nSPS) is 13.3. The molecule has 0 aliphatic carbocycles. The molecular formula is C23H21N3O4. The number of nitrogens with two attached hydrogens (primary N) is 1. The molecule has 2 heterocycles. The minimum Gasteiger partial charge on any atom is -0.461 e. The van der Waals surface area contributed by atoms with Crippen molar-refractivity contribution in [2.24, 2.45) is 5.73 Å². The summed E-state index contributed by atoms with van der Waals surface area (Å²) in [5.41, 5.74) is 7.26. The van der Waals surface area contributed by atoms with E-state index in [9.17, 15) is 14.7 Å². The van der Waals surface area contributed by atoms with Gasteiger partial charge in [-0.3, -0.25) is 14.6 Å². The first kappa shape index (κ1) is 19.6. The van der Waals surface area contributed by atoms with Crippen LogP contribution in [0, 0.1) is 6.92 Å². The lowest BCUT2D eigenvalue weighted by molar-refractivity contribution is -0.124. The number of aromatic nitrogens is 1. The van der Waals surface area contributed by atoms with Crippen molar-refractivity contribution < 1.29 is 19.1 Å². The van der Waals surface area contributed by atoms with Crippen LogP contribution in [0.5, 0.6) is 0 Å². The summed E-state index contributed by atoms with van der Waals surface area (Å²) in [4.78, 5) is 29.1. The fourth-order valence-electron chi connectivity index (χ4n) is 3.40. The third kappa shape index (κ3) is 3.29. The van der Waals surface area contributed by atoms with Crippen LogP contribution < -0.4 is 11.1 Å². The van der Waals surface area contributed by atoms with E-state index in [-0.39, 0.29) is 0 Å². The van der Waals surface area contributed by atoms with Crippen LogP contribution in [0.4, 0.5) is 0 Å². The van der Waals surface area contributed by atoms with Gasteiger partial charge in [0.15, 0.2) is 0 Å². The van der Waals surface area contributed by atoms with Crippen molar-refractivity contribution >= 4 is 33.7 Å². The van der Waals surface area contributed by atoms with Crippen LogP contribution in [0.15, 0.2) is 59.1 Å². The minimum absolute atomic E-state index is 0.293. The smallest absolute Gasteiger partial charge is 0.256 e. The van der Waals surface area contributed by atoms with Gasteiger partial charge < -0.3 is 20.6 Å². The highest BCUT2D eigenvalue weighted by atomic mass is 16.3. The number of amides is 2. The van der Waals surface area contributed by atoms with Crippen LogP contribution in [0.3, 0.4) is 0 Å². The van der Waals surface area contributed by atoms with E-state index in [1.165, 1.54) is 6.92 Å². The summed E-state index contributed by atoms with van der Waals surface area (Å²) >= 11 is 0. The molecule has 4 N–H and O–H groups in total. The van der Waals surface area contributed by atoms with Gasteiger partial charge in [-0.25, -0.2) is 0 Å². The number of aliphatic hydroxyl groups excluding tert-OH is 1. The zero-order chi connectivity index (χ0) is 21.5. The van der Waals surface area contributed by atoms with Crippen LogP contribution in [-0.2, 0) is 4.79 Å². The number of benzene rings is 2. The Hall–Kier alpha value is -3.71. The lowest BCUT2D eigenvalue weighted by Gasteiger charge is -2.24. The zero-order valence-electron chi connectivity index (χ0n) is 16.6. The number of para-hydroxylation sites is 1. The Labute approximate surface area is 172 Å². The number of aryl methyl sites for hydroxylation is 1. The Kier molecular flexibility index (Phi) is 4.75. The van der Waals surface area contributed by atoms with Gasteiger partial charge in [0.25, 0.3) is 5.91 Å².